The van der Waals surface area contributed by atoms with E-state index < -0.39 is 86.0 Å². The van der Waals surface area contributed by atoms with Gasteiger partial charge < -0.3 is 54.2 Å². The van der Waals surface area contributed by atoms with E-state index in [4.69, 9.17) is 28.4 Å². The van der Waals surface area contributed by atoms with Gasteiger partial charge in [-0.3, -0.25) is 14.4 Å². The number of nitrogens with one attached hydrogen (secondary N) is 1. The second kappa shape index (κ2) is 19.1. The Balaban J connectivity index is 1.13. The van der Waals surface area contributed by atoms with Crippen LogP contribution in [-0.4, -0.2) is 103 Å². The van der Waals surface area contributed by atoms with Crippen LogP contribution in [0.4, 0.5) is 4.79 Å². The third kappa shape index (κ3) is 10.3. The van der Waals surface area contributed by atoms with Gasteiger partial charge in [-0.2, -0.15) is 0 Å². The average Bonchev–Trinajstić information content (AvgIpc) is 3.48. The highest BCUT2D eigenvalue weighted by Crippen LogP contribution is 2.45. The number of methoxy groups -OCH3 is 1. The van der Waals surface area contributed by atoms with E-state index in [1.54, 1.807) is 0 Å². The predicted octanol–water partition coefficient (Wildman–Crippen LogP) is 3.66. The van der Waals surface area contributed by atoms with Gasteiger partial charge in [0.15, 0.2) is 6.10 Å². The standard InChI is InChI=1S/C39H43NO15/c1-50-37(48)36-29(18-34(44)45)28(17-33(42)43)30(19-35(46)47)38(55-36)54-23-11-10-22(20-41)32(16-23)52-15-14-51-13-12-40-39(49)53-21-31-26-8-4-2-6-24(26)25-7-3-5-9-27(25)31/h2-11,16,28-31,36,38,41H,12-15,17-21H2,1H3,(H,40,49)(H,42,43)(H,44,45)(H,46,47)/t28-,29-,30+,36-,38+/m0/s1. The number of aliphatic hydroxyl groups excluding tert-OH is 1. The first kappa shape index (κ1) is 40.5. The summed E-state index contributed by atoms with van der Waals surface area (Å²) >= 11 is 0. The van der Waals surface area contributed by atoms with E-state index in [0.29, 0.717) is 5.56 Å². The molecule has 3 aromatic carbocycles. The number of hydrogen-bond donors (Lipinski definition) is 5. The Kier molecular flexibility index (Phi) is 14.0. The minimum absolute atomic E-state index is 0.0188. The zero-order valence-electron chi connectivity index (χ0n) is 30.0. The number of carboxylic acids is 3. The quantitative estimate of drug-likeness (QED) is 0.0866. The molecular formula is C39H43NO15. The van der Waals surface area contributed by atoms with Crippen molar-refractivity contribution in [3.05, 3.63) is 83.4 Å². The molecule has 16 heteroatoms. The molecule has 0 radical (unpaired) electrons. The Morgan fingerprint density at radius 3 is 2.00 bits per heavy atom. The van der Waals surface area contributed by atoms with Gasteiger partial charge in [-0.1, -0.05) is 48.5 Å². The van der Waals surface area contributed by atoms with Crippen molar-refractivity contribution in [1.29, 1.82) is 0 Å². The minimum atomic E-state index is -1.57. The summed E-state index contributed by atoms with van der Waals surface area (Å²) in [5.41, 5.74) is 4.84. The lowest BCUT2D eigenvalue weighted by atomic mass is 9.71. The number of ether oxygens (including phenoxy) is 6. The number of aliphatic hydroxyl groups is 1. The number of carbonyl (C=O) groups is 5. The van der Waals surface area contributed by atoms with Crippen molar-refractivity contribution in [2.24, 2.45) is 17.8 Å². The van der Waals surface area contributed by atoms with E-state index in [9.17, 15) is 44.4 Å². The number of carbonyl (C=O) groups excluding carboxylic acids is 2. The van der Waals surface area contributed by atoms with Crippen molar-refractivity contribution < 1.29 is 72.8 Å². The molecule has 5 atom stereocenters. The van der Waals surface area contributed by atoms with Crippen LogP contribution < -0.4 is 14.8 Å². The molecule has 5 rings (SSSR count). The lowest BCUT2D eigenvalue weighted by Gasteiger charge is -2.44. The van der Waals surface area contributed by atoms with Gasteiger partial charge in [-0.15, -0.1) is 0 Å². The summed E-state index contributed by atoms with van der Waals surface area (Å²) in [6.45, 7) is 0.197. The number of benzene rings is 3. The predicted molar refractivity (Wildman–Crippen MR) is 190 cm³/mol. The molecule has 2 aliphatic rings. The topological polar surface area (TPSA) is 234 Å². The van der Waals surface area contributed by atoms with Gasteiger partial charge in [-0.25, -0.2) is 9.59 Å². The Morgan fingerprint density at radius 1 is 0.764 bits per heavy atom. The zero-order valence-corrected chi connectivity index (χ0v) is 30.0. The average molecular weight is 766 g/mol. The molecule has 1 aliphatic carbocycles. The van der Waals surface area contributed by atoms with E-state index in [0.717, 1.165) is 29.4 Å². The molecule has 1 amide bonds. The lowest BCUT2D eigenvalue weighted by molar-refractivity contribution is -0.233. The Hall–Kier alpha value is -5.71. The van der Waals surface area contributed by atoms with Crippen LogP contribution in [0.5, 0.6) is 11.5 Å². The molecule has 3 aromatic rings. The van der Waals surface area contributed by atoms with Crippen LogP contribution in [0, 0.1) is 17.8 Å². The summed E-state index contributed by atoms with van der Waals surface area (Å²) in [4.78, 5) is 60.6. The van der Waals surface area contributed by atoms with Crippen LogP contribution in [-0.2, 0) is 44.7 Å². The summed E-state index contributed by atoms with van der Waals surface area (Å²) in [6, 6.07) is 20.4. The SMILES string of the molecule is COC(=O)[C@H]1O[C@@H](Oc2ccc(CO)c(OCCOCCNC(=O)OCC3c4ccccc4-c4ccccc43)c2)[C@H](CC(=O)O)[C@@H](CC(=O)O)[C@@H]1CC(=O)O. The van der Waals surface area contributed by atoms with E-state index in [1.165, 1.54) is 18.2 Å². The van der Waals surface area contributed by atoms with Crippen LogP contribution in [0.25, 0.3) is 11.1 Å². The smallest absolute Gasteiger partial charge is 0.407 e. The molecule has 0 unspecified atom stereocenters. The Morgan fingerprint density at radius 2 is 1.38 bits per heavy atom. The molecule has 5 N–H and O–H groups in total. The lowest BCUT2D eigenvalue weighted by Crippen LogP contribution is -2.54. The first-order chi connectivity index (χ1) is 26.5. The summed E-state index contributed by atoms with van der Waals surface area (Å²) < 4.78 is 33.5. The largest absolute Gasteiger partial charge is 0.491 e. The highest BCUT2D eigenvalue weighted by molar-refractivity contribution is 5.79. The monoisotopic (exact) mass is 765 g/mol. The highest BCUT2D eigenvalue weighted by Gasteiger charge is 2.51. The van der Waals surface area contributed by atoms with E-state index in [1.807, 2.05) is 36.4 Å². The third-order valence-electron chi connectivity index (χ3n) is 9.59. The van der Waals surface area contributed by atoms with E-state index >= 15 is 0 Å². The number of amides is 1. The van der Waals surface area contributed by atoms with Gasteiger partial charge in [0.2, 0.25) is 6.29 Å². The number of alkyl carbamates (subject to hydrolysis) is 1. The molecule has 294 valence electrons. The van der Waals surface area contributed by atoms with Gasteiger partial charge in [0, 0.05) is 42.3 Å². The molecule has 1 saturated heterocycles. The fraction of sp³-hybridized carbons (Fsp3) is 0.410. The van der Waals surface area contributed by atoms with Crippen molar-refractivity contribution >= 4 is 30.0 Å². The molecule has 0 spiro atoms. The van der Waals surface area contributed by atoms with Crippen LogP contribution in [0.3, 0.4) is 0 Å². The summed E-state index contributed by atoms with van der Waals surface area (Å²) in [7, 11) is 1.05. The van der Waals surface area contributed by atoms with Crippen LogP contribution in [0.1, 0.15) is 41.9 Å². The second-order valence-corrected chi connectivity index (χ2v) is 13.0. The van der Waals surface area contributed by atoms with Crippen molar-refractivity contribution in [2.45, 2.75) is 44.2 Å². The normalized spacial score (nSPS) is 20.1. The number of rotatable bonds is 19. The van der Waals surface area contributed by atoms with Crippen molar-refractivity contribution in [3.8, 4) is 22.6 Å². The van der Waals surface area contributed by atoms with Gasteiger partial charge in [-0.05, 0) is 40.3 Å². The summed E-state index contributed by atoms with van der Waals surface area (Å²) in [6.07, 6.45) is -5.65. The van der Waals surface area contributed by atoms with Gasteiger partial charge in [0.25, 0.3) is 0 Å². The molecule has 0 saturated carbocycles. The number of esters is 1. The number of hydrogen-bond acceptors (Lipinski definition) is 12. The number of carboxylic acid groups (broad SMARTS) is 3. The van der Waals surface area contributed by atoms with Crippen LogP contribution >= 0.6 is 0 Å². The maximum Gasteiger partial charge on any atom is 0.407 e. The number of aliphatic carboxylic acids is 3. The maximum absolute atomic E-state index is 12.7. The molecule has 0 aromatic heterocycles. The van der Waals surface area contributed by atoms with Gasteiger partial charge in [0.05, 0.1) is 39.8 Å². The molecule has 16 nitrogen and oxygen atoms in total. The second-order valence-electron chi connectivity index (χ2n) is 13.0. The van der Waals surface area contributed by atoms with E-state index in [2.05, 4.69) is 17.4 Å². The molecule has 55 heavy (non-hydrogen) atoms. The molecule has 1 fully saturated rings. The van der Waals surface area contributed by atoms with Crippen LogP contribution in [0.15, 0.2) is 66.7 Å². The summed E-state index contributed by atoms with van der Waals surface area (Å²) in [5.74, 6) is -8.36. The van der Waals surface area contributed by atoms with E-state index in [-0.39, 0.29) is 50.4 Å². The fourth-order valence-corrected chi connectivity index (χ4v) is 7.16. The van der Waals surface area contributed by atoms with Gasteiger partial charge >= 0.3 is 30.0 Å². The highest BCUT2D eigenvalue weighted by atomic mass is 16.7. The Bertz CT molecular complexity index is 1800. The Labute approximate surface area is 315 Å². The first-order valence-corrected chi connectivity index (χ1v) is 17.6. The van der Waals surface area contributed by atoms with Crippen molar-refractivity contribution in [2.75, 3.05) is 40.1 Å². The zero-order chi connectivity index (χ0) is 39.5. The molecular weight excluding hydrogens is 722 g/mol. The van der Waals surface area contributed by atoms with Crippen molar-refractivity contribution in [1.82, 2.24) is 5.32 Å². The molecule has 0 bridgehead atoms. The maximum atomic E-state index is 12.7. The summed E-state index contributed by atoms with van der Waals surface area (Å²) in [5, 5.41) is 41.4. The minimum Gasteiger partial charge on any atom is -0.491 e. The number of fused-ring (bicyclic) bond motifs is 3. The first-order valence-electron chi connectivity index (χ1n) is 17.6. The molecule has 1 heterocycles. The van der Waals surface area contributed by atoms with Gasteiger partial charge in [0.1, 0.15) is 24.7 Å². The van der Waals surface area contributed by atoms with Crippen molar-refractivity contribution in [3.63, 3.8) is 0 Å². The molecule has 1 aliphatic heterocycles. The fourth-order valence-electron chi connectivity index (χ4n) is 7.16. The van der Waals surface area contributed by atoms with Crippen LogP contribution in [0.2, 0.25) is 0 Å². The third-order valence-corrected chi connectivity index (χ3v) is 9.59.